The van der Waals surface area contributed by atoms with E-state index >= 15 is 0 Å². The highest BCUT2D eigenvalue weighted by atomic mass is 32.1. The second kappa shape index (κ2) is 13.6. The van der Waals surface area contributed by atoms with Crippen LogP contribution in [0.5, 0.6) is 5.75 Å². The number of thiocarbonyl (C=S) groups is 1. The van der Waals surface area contributed by atoms with Crippen molar-refractivity contribution in [3.63, 3.8) is 0 Å². The Morgan fingerprint density at radius 2 is 1.58 bits per heavy atom. The lowest BCUT2D eigenvalue weighted by Crippen LogP contribution is -2.43. The Morgan fingerprint density at radius 3 is 2.15 bits per heavy atom. The number of nitrogens with zero attached hydrogens (tertiary/aromatic N) is 1. The molecule has 26 heavy (non-hydrogen) atoms. The summed E-state index contributed by atoms with van der Waals surface area (Å²) in [6.07, 6.45) is 8.09. The van der Waals surface area contributed by atoms with Crippen LogP contribution in [0.15, 0.2) is 24.3 Å². The predicted octanol–water partition coefficient (Wildman–Crippen LogP) is 5.17. The van der Waals surface area contributed by atoms with Gasteiger partial charge in [0.15, 0.2) is 5.11 Å². The number of hydrogen-bond donors (Lipinski definition) is 1. The summed E-state index contributed by atoms with van der Waals surface area (Å²) in [5.74, 6) is 0.636. The van der Waals surface area contributed by atoms with E-state index in [1.165, 1.54) is 25.7 Å². The third-order valence-electron chi connectivity index (χ3n) is 4.13. The smallest absolute Gasteiger partial charge is 0.257 e. The minimum Gasteiger partial charge on any atom is -0.494 e. The van der Waals surface area contributed by atoms with Gasteiger partial charge in [0.1, 0.15) is 5.75 Å². The van der Waals surface area contributed by atoms with Crippen LogP contribution in [-0.2, 0) is 0 Å². The molecule has 0 radical (unpaired) electrons. The Hall–Kier alpha value is -1.62. The second-order valence-electron chi connectivity index (χ2n) is 6.53. The second-order valence-corrected chi connectivity index (χ2v) is 6.92. The Morgan fingerprint density at radius 1 is 0.962 bits per heavy atom. The fourth-order valence-corrected chi connectivity index (χ4v) is 2.98. The van der Waals surface area contributed by atoms with Crippen molar-refractivity contribution in [1.82, 2.24) is 10.2 Å². The number of carbonyl (C=O) groups is 1. The van der Waals surface area contributed by atoms with E-state index in [2.05, 4.69) is 26.1 Å². The van der Waals surface area contributed by atoms with Crippen LogP contribution in [0.25, 0.3) is 0 Å². The molecule has 0 saturated carbocycles. The fourth-order valence-electron chi connectivity index (χ4n) is 2.70. The fraction of sp³-hybridized carbons (Fsp3) is 0.619. The quantitative estimate of drug-likeness (QED) is 0.402. The zero-order valence-electron chi connectivity index (χ0n) is 16.6. The maximum Gasteiger partial charge on any atom is 0.257 e. The third kappa shape index (κ3) is 8.65. The molecule has 146 valence electrons. The largest absolute Gasteiger partial charge is 0.494 e. The lowest BCUT2D eigenvalue weighted by molar-refractivity contribution is 0.0973. The summed E-state index contributed by atoms with van der Waals surface area (Å²) in [5.41, 5.74) is 0.593. The molecule has 1 aromatic carbocycles. The lowest BCUT2D eigenvalue weighted by atomic mass is 10.2. The Kier molecular flexibility index (Phi) is 11.7. The van der Waals surface area contributed by atoms with Gasteiger partial charge < -0.3 is 9.64 Å². The minimum atomic E-state index is -0.168. The third-order valence-corrected chi connectivity index (χ3v) is 4.49. The van der Waals surface area contributed by atoms with Gasteiger partial charge in [-0.05, 0) is 55.7 Å². The highest BCUT2D eigenvalue weighted by molar-refractivity contribution is 7.80. The number of unbranched alkanes of at least 4 members (excludes halogenated alkanes) is 4. The number of hydrogen-bond acceptors (Lipinski definition) is 3. The van der Waals surface area contributed by atoms with Crippen molar-refractivity contribution < 1.29 is 9.53 Å². The van der Waals surface area contributed by atoms with Gasteiger partial charge in [-0.1, -0.05) is 46.5 Å². The van der Waals surface area contributed by atoms with E-state index in [0.29, 0.717) is 10.7 Å². The summed E-state index contributed by atoms with van der Waals surface area (Å²) in [4.78, 5) is 14.4. The molecule has 0 bridgehead atoms. The van der Waals surface area contributed by atoms with Gasteiger partial charge in [-0.3, -0.25) is 10.1 Å². The molecule has 0 fully saturated rings. The van der Waals surface area contributed by atoms with E-state index in [9.17, 15) is 4.79 Å². The van der Waals surface area contributed by atoms with Gasteiger partial charge in [-0.2, -0.15) is 0 Å². The molecule has 0 saturated heterocycles. The SMILES string of the molecule is CCCCCCCOc1ccc(C(=O)NC(=S)N(CCC)CCC)cc1. The van der Waals surface area contributed by atoms with E-state index in [-0.39, 0.29) is 5.91 Å². The molecule has 0 spiro atoms. The predicted molar refractivity (Wildman–Crippen MR) is 113 cm³/mol. The molecular formula is C21H34N2O2S. The molecule has 0 aliphatic carbocycles. The van der Waals surface area contributed by atoms with Crippen LogP contribution in [0.4, 0.5) is 0 Å². The van der Waals surface area contributed by atoms with Crippen LogP contribution < -0.4 is 10.1 Å². The molecule has 0 heterocycles. The van der Waals surface area contributed by atoms with E-state index < -0.39 is 0 Å². The number of amides is 1. The van der Waals surface area contributed by atoms with Crippen molar-refractivity contribution in [3.8, 4) is 5.75 Å². The Balaban J connectivity index is 2.44. The molecule has 0 aliphatic heterocycles. The van der Waals surface area contributed by atoms with Gasteiger partial charge >= 0.3 is 0 Å². The molecule has 5 heteroatoms. The van der Waals surface area contributed by atoms with E-state index in [1.807, 2.05) is 17.0 Å². The average Bonchev–Trinajstić information content (AvgIpc) is 2.64. The summed E-state index contributed by atoms with van der Waals surface area (Å²) < 4.78 is 5.74. The zero-order chi connectivity index (χ0) is 19.2. The molecule has 1 rings (SSSR count). The van der Waals surface area contributed by atoms with Crippen molar-refractivity contribution in [2.24, 2.45) is 0 Å². The number of nitrogens with one attached hydrogen (secondary N) is 1. The Labute approximate surface area is 164 Å². The number of benzene rings is 1. The molecule has 1 amide bonds. The lowest BCUT2D eigenvalue weighted by Gasteiger charge is -2.24. The van der Waals surface area contributed by atoms with Crippen LogP contribution in [0, 0.1) is 0 Å². The molecular weight excluding hydrogens is 344 g/mol. The molecule has 1 aromatic rings. The molecule has 1 N–H and O–H groups in total. The van der Waals surface area contributed by atoms with Crippen molar-refractivity contribution in [1.29, 1.82) is 0 Å². The zero-order valence-corrected chi connectivity index (χ0v) is 17.4. The first-order valence-electron chi connectivity index (χ1n) is 9.95. The van der Waals surface area contributed by atoms with Crippen LogP contribution in [0.3, 0.4) is 0 Å². The first-order valence-corrected chi connectivity index (χ1v) is 10.4. The topological polar surface area (TPSA) is 41.6 Å². The maximum atomic E-state index is 12.4. The monoisotopic (exact) mass is 378 g/mol. The summed E-state index contributed by atoms with van der Waals surface area (Å²) in [7, 11) is 0. The van der Waals surface area contributed by atoms with Gasteiger partial charge in [-0.15, -0.1) is 0 Å². The first-order chi connectivity index (χ1) is 12.6. The van der Waals surface area contributed by atoms with Crippen molar-refractivity contribution >= 4 is 23.2 Å². The van der Waals surface area contributed by atoms with Gasteiger partial charge in [0.2, 0.25) is 0 Å². The van der Waals surface area contributed by atoms with E-state index in [0.717, 1.165) is 44.7 Å². The minimum absolute atomic E-state index is 0.168. The highest BCUT2D eigenvalue weighted by Crippen LogP contribution is 2.13. The van der Waals surface area contributed by atoms with Gasteiger partial charge in [0.25, 0.3) is 5.91 Å². The van der Waals surface area contributed by atoms with Crippen molar-refractivity contribution in [2.45, 2.75) is 65.7 Å². The molecule has 0 atom stereocenters. The standard InChI is InChI=1S/C21H34N2O2S/c1-4-7-8-9-10-17-25-19-13-11-18(12-14-19)20(24)22-21(26)23(15-5-2)16-6-3/h11-14H,4-10,15-17H2,1-3H3,(H,22,24,26). The first kappa shape index (κ1) is 22.4. The van der Waals surface area contributed by atoms with Crippen LogP contribution >= 0.6 is 12.2 Å². The van der Waals surface area contributed by atoms with Gasteiger partial charge in [0.05, 0.1) is 6.61 Å². The van der Waals surface area contributed by atoms with E-state index in [1.54, 1.807) is 12.1 Å². The molecule has 0 aliphatic rings. The molecule has 0 aromatic heterocycles. The van der Waals surface area contributed by atoms with E-state index in [4.69, 9.17) is 17.0 Å². The van der Waals surface area contributed by atoms with Crippen LogP contribution in [0.1, 0.15) is 76.1 Å². The number of carbonyl (C=O) groups excluding carboxylic acids is 1. The van der Waals surface area contributed by atoms with Gasteiger partial charge in [-0.25, -0.2) is 0 Å². The van der Waals surface area contributed by atoms with Crippen LogP contribution in [-0.4, -0.2) is 35.6 Å². The summed E-state index contributed by atoms with van der Waals surface area (Å²) in [5, 5.41) is 3.34. The number of rotatable bonds is 12. The summed E-state index contributed by atoms with van der Waals surface area (Å²) >= 11 is 5.38. The summed E-state index contributed by atoms with van der Waals surface area (Å²) in [6.45, 7) is 8.87. The van der Waals surface area contributed by atoms with Crippen LogP contribution in [0.2, 0.25) is 0 Å². The molecule has 0 unspecified atom stereocenters. The normalized spacial score (nSPS) is 10.4. The van der Waals surface area contributed by atoms with Crippen molar-refractivity contribution in [3.05, 3.63) is 29.8 Å². The number of ether oxygens (including phenoxy) is 1. The average molecular weight is 379 g/mol. The highest BCUT2D eigenvalue weighted by Gasteiger charge is 2.12. The van der Waals surface area contributed by atoms with Crippen molar-refractivity contribution in [2.75, 3.05) is 19.7 Å². The molecule has 4 nitrogen and oxygen atoms in total. The Bertz CT molecular complexity index is 525. The maximum absolute atomic E-state index is 12.4. The van der Waals surface area contributed by atoms with Gasteiger partial charge in [0, 0.05) is 18.7 Å². The summed E-state index contributed by atoms with van der Waals surface area (Å²) in [6, 6.07) is 7.27.